The van der Waals surface area contributed by atoms with Gasteiger partial charge >= 0.3 is 0 Å². The van der Waals surface area contributed by atoms with Crippen LogP contribution in [0.15, 0.2) is 24.3 Å². The molecular formula is C15H25N3O. The van der Waals surface area contributed by atoms with Crippen molar-refractivity contribution in [1.82, 2.24) is 9.80 Å². The first kappa shape index (κ1) is 14.3. The molecule has 1 aromatic carbocycles. The van der Waals surface area contributed by atoms with Crippen LogP contribution in [0.4, 0.5) is 0 Å². The summed E-state index contributed by atoms with van der Waals surface area (Å²) in [4.78, 5) is 4.86. The minimum absolute atomic E-state index is 0.0664. The molecule has 0 bridgehead atoms. The van der Waals surface area contributed by atoms with Crippen molar-refractivity contribution in [3.05, 3.63) is 29.8 Å². The van der Waals surface area contributed by atoms with E-state index < -0.39 is 0 Å². The quantitative estimate of drug-likeness (QED) is 0.890. The molecule has 2 unspecified atom stereocenters. The van der Waals surface area contributed by atoms with Gasteiger partial charge in [0, 0.05) is 38.3 Å². The predicted octanol–water partition coefficient (Wildman–Crippen LogP) is 1.33. The van der Waals surface area contributed by atoms with E-state index in [1.165, 1.54) is 5.56 Å². The number of benzene rings is 1. The third kappa shape index (κ3) is 3.69. The maximum Gasteiger partial charge on any atom is 0.118 e. The van der Waals surface area contributed by atoms with Crippen LogP contribution in [-0.2, 0) is 0 Å². The highest BCUT2D eigenvalue weighted by Gasteiger charge is 2.23. The number of nitrogens with two attached hydrogens (primary N) is 1. The van der Waals surface area contributed by atoms with E-state index in [9.17, 15) is 0 Å². The molecule has 4 heteroatoms. The van der Waals surface area contributed by atoms with Gasteiger partial charge in [0.25, 0.3) is 0 Å². The predicted molar refractivity (Wildman–Crippen MR) is 78.5 cm³/mol. The van der Waals surface area contributed by atoms with Crippen LogP contribution in [0.3, 0.4) is 0 Å². The first-order valence-electron chi connectivity index (χ1n) is 6.92. The summed E-state index contributed by atoms with van der Waals surface area (Å²) in [5.41, 5.74) is 7.49. The van der Waals surface area contributed by atoms with Gasteiger partial charge in [-0.1, -0.05) is 12.1 Å². The van der Waals surface area contributed by atoms with E-state index in [1.54, 1.807) is 7.11 Å². The zero-order chi connectivity index (χ0) is 13.8. The molecular weight excluding hydrogens is 238 g/mol. The molecule has 1 heterocycles. The molecule has 0 spiro atoms. The second-order valence-electron chi connectivity index (χ2n) is 5.49. The van der Waals surface area contributed by atoms with Crippen molar-refractivity contribution in [2.24, 2.45) is 5.73 Å². The standard InChI is InChI=1S/C15H25N3O/c1-12-10-17(2)8-9-18(12)11-15(16)13-4-6-14(19-3)7-5-13/h4-7,12,15H,8-11,16H2,1-3H3. The minimum Gasteiger partial charge on any atom is -0.497 e. The number of hydrogen-bond donors (Lipinski definition) is 1. The number of nitrogens with zero attached hydrogens (tertiary/aromatic N) is 2. The Balaban J connectivity index is 1.94. The fourth-order valence-corrected chi connectivity index (χ4v) is 2.66. The summed E-state index contributed by atoms with van der Waals surface area (Å²) in [5.74, 6) is 0.879. The Bertz CT molecular complexity index is 393. The van der Waals surface area contributed by atoms with Gasteiger partial charge in [0.2, 0.25) is 0 Å². The Morgan fingerprint density at radius 1 is 1.32 bits per heavy atom. The van der Waals surface area contributed by atoms with Crippen LogP contribution in [0.25, 0.3) is 0 Å². The molecule has 1 aromatic rings. The van der Waals surface area contributed by atoms with Crippen molar-refractivity contribution in [2.45, 2.75) is 19.0 Å². The molecule has 0 saturated carbocycles. The van der Waals surface area contributed by atoms with Crippen LogP contribution in [0.2, 0.25) is 0 Å². The molecule has 4 nitrogen and oxygen atoms in total. The van der Waals surface area contributed by atoms with Crippen LogP contribution in [0.1, 0.15) is 18.5 Å². The first-order chi connectivity index (χ1) is 9.10. The first-order valence-corrected chi connectivity index (χ1v) is 6.92. The fourth-order valence-electron chi connectivity index (χ4n) is 2.66. The molecule has 0 aromatic heterocycles. The van der Waals surface area contributed by atoms with Crippen LogP contribution < -0.4 is 10.5 Å². The van der Waals surface area contributed by atoms with E-state index in [2.05, 4.69) is 35.9 Å². The van der Waals surface area contributed by atoms with Crippen molar-refractivity contribution >= 4 is 0 Å². The average molecular weight is 263 g/mol. The molecule has 1 saturated heterocycles. The van der Waals surface area contributed by atoms with Gasteiger partial charge in [0.15, 0.2) is 0 Å². The average Bonchev–Trinajstić information content (AvgIpc) is 2.42. The van der Waals surface area contributed by atoms with Crippen molar-refractivity contribution in [2.75, 3.05) is 40.3 Å². The van der Waals surface area contributed by atoms with Gasteiger partial charge in [-0.05, 0) is 31.7 Å². The van der Waals surface area contributed by atoms with E-state index in [4.69, 9.17) is 10.5 Å². The topological polar surface area (TPSA) is 41.7 Å². The van der Waals surface area contributed by atoms with Crippen molar-refractivity contribution in [3.63, 3.8) is 0 Å². The highest BCUT2D eigenvalue weighted by atomic mass is 16.5. The van der Waals surface area contributed by atoms with Crippen LogP contribution in [0.5, 0.6) is 5.75 Å². The lowest BCUT2D eigenvalue weighted by atomic mass is 10.1. The number of ether oxygens (including phenoxy) is 1. The molecule has 2 N–H and O–H groups in total. The van der Waals surface area contributed by atoms with Crippen molar-refractivity contribution in [1.29, 1.82) is 0 Å². The monoisotopic (exact) mass is 263 g/mol. The number of methoxy groups -OCH3 is 1. The number of likely N-dealkylation sites (N-methyl/N-ethyl adjacent to an activating group) is 1. The molecule has 19 heavy (non-hydrogen) atoms. The Morgan fingerprint density at radius 2 is 2.00 bits per heavy atom. The lowest BCUT2D eigenvalue weighted by molar-refractivity contribution is 0.0945. The Morgan fingerprint density at radius 3 is 2.58 bits per heavy atom. The normalized spacial score (nSPS) is 23.3. The van der Waals surface area contributed by atoms with E-state index >= 15 is 0 Å². The zero-order valence-electron chi connectivity index (χ0n) is 12.2. The molecule has 1 fully saturated rings. The fraction of sp³-hybridized carbons (Fsp3) is 0.600. The Kier molecular flexibility index (Phi) is 4.80. The number of piperazine rings is 1. The second kappa shape index (κ2) is 6.37. The lowest BCUT2D eigenvalue weighted by Crippen LogP contribution is -2.52. The molecule has 2 atom stereocenters. The summed E-state index contributed by atoms with van der Waals surface area (Å²) in [6, 6.07) is 8.71. The number of hydrogen-bond acceptors (Lipinski definition) is 4. The van der Waals surface area contributed by atoms with Gasteiger partial charge in [0.1, 0.15) is 5.75 Å². The highest BCUT2D eigenvalue weighted by molar-refractivity contribution is 5.29. The molecule has 0 amide bonds. The maximum absolute atomic E-state index is 6.32. The van der Waals surface area contributed by atoms with E-state index in [-0.39, 0.29) is 6.04 Å². The van der Waals surface area contributed by atoms with E-state index in [0.29, 0.717) is 6.04 Å². The molecule has 0 radical (unpaired) electrons. The van der Waals surface area contributed by atoms with Crippen LogP contribution >= 0.6 is 0 Å². The summed E-state index contributed by atoms with van der Waals surface area (Å²) in [5, 5.41) is 0. The van der Waals surface area contributed by atoms with Gasteiger partial charge in [-0.3, -0.25) is 4.90 Å². The van der Waals surface area contributed by atoms with Gasteiger partial charge in [0.05, 0.1) is 7.11 Å². The summed E-state index contributed by atoms with van der Waals surface area (Å²) >= 11 is 0. The van der Waals surface area contributed by atoms with Crippen molar-refractivity contribution in [3.8, 4) is 5.75 Å². The summed E-state index contributed by atoms with van der Waals surface area (Å²) in [7, 11) is 3.86. The van der Waals surface area contributed by atoms with E-state index in [1.807, 2.05) is 12.1 Å². The SMILES string of the molecule is COc1ccc(C(N)CN2CCN(C)CC2C)cc1. The summed E-state index contributed by atoms with van der Waals surface area (Å²) in [6.45, 7) is 6.54. The lowest BCUT2D eigenvalue weighted by Gasteiger charge is -2.39. The van der Waals surface area contributed by atoms with Gasteiger partial charge in [-0.25, -0.2) is 0 Å². The molecule has 1 aliphatic heterocycles. The third-order valence-corrected chi connectivity index (χ3v) is 3.94. The Hall–Kier alpha value is -1.10. The molecule has 106 valence electrons. The third-order valence-electron chi connectivity index (χ3n) is 3.94. The van der Waals surface area contributed by atoms with Crippen molar-refractivity contribution < 1.29 is 4.74 Å². The smallest absolute Gasteiger partial charge is 0.118 e. The summed E-state index contributed by atoms with van der Waals surface area (Å²) in [6.07, 6.45) is 0. The largest absolute Gasteiger partial charge is 0.497 e. The second-order valence-corrected chi connectivity index (χ2v) is 5.49. The van der Waals surface area contributed by atoms with Gasteiger partial charge in [-0.2, -0.15) is 0 Å². The van der Waals surface area contributed by atoms with Crippen LogP contribution in [0, 0.1) is 0 Å². The van der Waals surface area contributed by atoms with E-state index in [0.717, 1.165) is 31.9 Å². The molecule has 0 aliphatic carbocycles. The minimum atomic E-state index is 0.0664. The zero-order valence-corrected chi connectivity index (χ0v) is 12.2. The highest BCUT2D eigenvalue weighted by Crippen LogP contribution is 2.18. The summed E-state index contributed by atoms with van der Waals surface area (Å²) < 4.78 is 5.17. The molecule has 1 aliphatic rings. The van der Waals surface area contributed by atoms with Crippen LogP contribution in [-0.4, -0.2) is 56.2 Å². The maximum atomic E-state index is 6.32. The number of rotatable bonds is 4. The molecule has 2 rings (SSSR count). The van der Waals surface area contributed by atoms with Gasteiger partial charge in [-0.15, -0.1) is 0 Å². The Labute approximate surface area is 116 Å². The van der Waals surface area contributed by atoms with Gasteiger partial charge < -0.3 is 15.4 Å².